The number of fused-ring (bicyclic) bond motifs is 14. The molecule has 0 saturated carbocycles. The molecule has 0 N–H and O–H groups in total. The lowest BCUT2D eigenvalue weighted by atomic mass is 9.86. The zero-order chi connectivity index (χ0) is 37.5. The van der Waals surface area contributed by atoms with Crippen molar-refractivity contribution in [1.82, 2.24) is 0 Å². The molecular weight excluding hydrogens is 705 g/mol. The quantitative estimate of drug-likeness (QED) is 0.158. The summed E-state index contributed by atoms with van der Waals surface area (Å²) in [5, 5.41) is 15.7. The van der Waals surface area contributed by atoms with Crippen LogP contribution in [0.5, 0.6) is 0 Å². The summed E-state index contributed by atoms with van der Waals surface area (Å²) < 4.78 is 2.66. The van der Waals surface area contributed by atoms with E-state index >= 15 is 0 Å². The summed E-state index contributed by atoms with van der Waals surface area (Å²) in [6, 6.07) is 76.4. The molecule has 12 aromatic rings. The second-order valence-corrected chi connectivity index (χ2v) is 16.3. The average molecular weight is 739 g/mol. The smallest absolute Gasteiger partial charge is 0.0361 e. The molecule has 0 nitrogen and oxygen atoms in total. The molecule has 57 heavy (non-hydrogen) atoms. The van der Waals surface area contributed by atoms with Crippen molar-refractivity contribution in [1.29, 1.82) is 0 Å². The maximum atomic E-state index is 2.43. The van der Waals surface area contributed by atoms with Gasteiger partial charge in [-0.05, 0) is 135 Å². The fraction of sp³-hybridized carbons (Fsp3) is 0. The molecule has 0 atom stereocenters. The predicted molar refractivity (Wildman–Crippen MR) is 249 cm³/mol. The Morgan fingerprint density at radius 2 is 0.596 bits per heavy atom. The van der Waals surface area contributed by atoms with E-state index in [1.54, 1.807) is 0 Å². The first-order valence-electron chi connectivity index (χ1n) is 19.7. The van der Waals surface area contributed by atoms with Crippen LogP contribution in [0.4, 0.5) is 0 Å². The second kappa shape index (κ2) is 12.7. The van der Waals surface area contributed by atoms with Gasteiger partial charge in [-0.15, -0.1) is 11.3 Å². The lowest BCUT2D eigenvalue weighted by Crippen LogP contribution is -1.89. The first kappa shape index (κ1) is 32.2. The van der Waals surface area contributed by atoms with Crippen LogP contribution in [-0.2, 0) is 0 Å². The van der Waals surface area contributed by atoms with Crippen molar-refractivity contribution < 1.29 is 0 Å². The average Bonchev–Trinajstić information content (AvgIpc) is 3.68. The molecule has 0 aliphatic rings. The highest BCUT2D eigenvalue weighted by atomic mass is 32.1. The van der Waals surface area contributed by atoms with E-state index < -0.39 is 0 Å². The highest BCUT2D eigenvalue weighted by Gasteiger charge is 2.17. The monoisotopic (exact) mass is 738 g/mol. The van der Waals surface area contributed by atoms with Crippen molar-refractivity contribution in [2.75, 3.05) is 0 Å². The lowest BCUT2D eigenvalue weighted by molar-refractivity contribution is 1.58. The zero-order valence-corrected chi connectivity index (χ0v) is 31.9. The number of hydrogen-bond donors (Lipinski definition) is 0. The van der Waals surface area contributed by atoms with Gasteiger partial charge in [0.2, 0.25) is 0 Å². The van der Waals surface area contributed by atoms with Gasteiger partial charge in [-0.1, -0.05) is 170 Å². The molecule has 0 radical (unpaired) electrons. The van der Waals surface area contributed by atoms with Gasteiger partial charge in [-0.3, -0.25) is 0 Å². The molecule has 1 aromatic heterocycles. The second-order valence-electron chi connectivity index (χ2n) is 15.2. The van der Waals surface area contributed by atoms with E-state index in [0.29, 0.717) is 0 Å². The van der Waals surface area contributed by atoms with Gasteiger partial charge in [0.25, 0.3) is 0 Å². The third kappa shape index (κ3) is 5.06. The summed E-state index contributed by atoms with van der Waals surface area (Å²) in [6.07, 6.45) is 0. The number of rotatable bonds is 4. The molecule has 0 aliphatic carbocycles. The van der Waals surface area contributed by atoms with Crippen LogP contribution in [0.1, 0.15) is 0 Å². The molecule has 0 amide bonds. The van der Waals surface area contributed by atoms with Crippen molar-refractivity contribution in [3.05, 3.63) is 206 Å². The first-order valence-corrected chi connectivity index (χ1v) is 20.5. The molecule has 0 fully saturated rings. The van der Waals surface area contributed by atoms with E-state index in [1.165, 1.54) is 119 Å². The van der Waals surface area contributed by atoms with Gasteiger partial charge >= 0.3 is 0 Å². The normalized spacial score (nSPS) is 11.9. The summed E-state index contributed by atoms with van der Waals surface area (Å²) in [5.74, 6) is 0. The molecule has 11 aromatic carbocycles. The Bertz CT molecular complexity index is 3570. The molecule has 12 rings (SSSR count). The number of thiophene rings is 1. The molecular formula is C56H34S. The van der Waals surface area contributed by atoms with Crippen LogP contribution in [0.25, 0.3) is 119 Å². The highest BCUT2D eigenvalue weighted by molar-refractivity contribution is 7.25. The number of benzene rings is 11. The molecule has 1 heteroatoms. The van der Waals surface area contributed by atoms with Crippen LogP contribution in [0, 0.1) is 0 Å². The van der Waals surface area contributed by atoms with Crippen molar-refractivity contribution >= 4 is 85.4 Å². The Morgan fingerprint density at radius 3 is 1.16 bits per heavy atom. The molecule has 0 spiro atoms. The SMILES string of the molecule is c1cc(-c2cccc(-c3ccc4c5ccccc5c5c6ccccc6c6ccccc6c5c4c3)c2)cc(-c2cccc(-c3cccc4sc5ccccc5c34)c2)c1. The van der Waals surface area contributed by atoms with Crippen LogP contribution < -0.4 is 0 Å². The largest absolute Gasteiger partial charge is 0.135 e. The fourth-order valence-corrected chi connectivity index (χ4v) is 10.6. The number of hydrogen-bond acceptors (Lipinski definition) is 1. The van der Waals surface area contributed by atoms with Crippen molar-refractivity contribution in [3.8, 4) is 44.5 Å². The zero-order valence-electron chi connectivity index (χ0n) is 31.0. The minimum absolute atomic E-state index is 1.21. The van der Waals surface area contributed by atoms with Gasteiger partial charge in [0.1, 0.15) is 0 Å². The maximum absolute atomic E-state index is 2.43. The van der Waals surface area contributed by atoms with E-state index in [9.17, 15) is 0 Å². The van der Waals surface area contributed by atoms with Gasteiger partial charge in [-0.25, -0.2) is 0 Å². The van der Waals surface area contributed by atoms with Crippen molar-refractivity contribution in [3.63, 3.8) is 0 Å². The molecule has 0 unspecified atom stereocenters. The Balaban J connectivity index is 0.985. The standard InChI is InChI=1S/C56H34S/c1-4-22-47-43(19-1)44-20-2-6-24-49(44)56-51-34-40(29-30-46(51)45-21-3-5-23-48(45)55(47)56)38-16-10-14-36(32-38)35-13-9-15-37(31-35)39-17-11-18-41(33-39)42-26-12-28-53-54(42)50-25-7-8-27-52(50)57-53/h1-34H. The van der Waals surface area contributed by atoms with Crippen LogP contribution in [0.15, 0.2) is 206 Å². The Morgan fingerprint density at radius 1 is 0.211 bits per heavy atom. The molecule has 264 valence electrons. The topological polar surface area (TPSA) is 0 Å². The predicted octanol–water partition coefficient (Wildman–Crippen LogP) is 16.5. The summed E-state index contributed by atoms with van der Waals surface area (Å²) in [6.45, 7) is 0. The summed E-state index contributed by atoms with van der Waals surface area (Å²) in [5.41, 5.74) is 9.81. The third-order valence-electron chi connectivity index (χ3n) is 12.0. The van der Waals surface area contributed by atoms with E-state index in [1.807, 2.05) is 11.3 Å². The van der Waals surface area contributed by atoms with E-state index in [2.05, 4.69) is 206 Å². The van der Waals surface area contributed by atoms with E-state index in [4.69, 9.17) is 0 Å². The van der Waals surface area contributed by atoms with Gasteiger partial charge in [0, 0.05) is 20.2 Å². The van der Waals surface area contributed by atoms with Crippen LogP contribution in [0.3, 0.4) is 0 Å². The Kier molecular flexibility index (Phi) is 7.20. The van der Waals surface area contributed by atoms with E-state index in [-0.39, 0.29) is 0 Å². The lowest BCUT2D eigenvalue weighted by Gasteiger charge is -2.17. The Hall–Kier alpha value is -7.06. The summed E-state index contributed by atoms with van der Waals surface area (Å²) in [7, 11) is 0. The Labute approximate surface area is 334 Å². The highest BCUT2D eigenvalue weighted by Crippen LogP contribution is 2.45. The summed E-state index contributed by atoms with van der Waals surface area (Å²) >= 11 is 1.87. The summed E-state index contributed by atoms with van der Waals surface area (Å²) in [4.78, 5) is 0. The molecule has 0 aliphatic heterocycles. The molecule has 1 heterocycles. The van der Waals surface area contributed by atoms with Gasteiger partial charge in [0.15, 0.2) is 0 Å². The van der Waals surface area contributed by atoms with E-state index in [0.717, 1.165) is 0 Å². The maximum Gasteiger partial charge on any atom is 0.0361 e. The fourth-order valence-electron chi connectivity index (χ4n) is 9.44. The van der Waals surface area contributed by atoms with Crippen LogP contribution in [0.2, 0.25) is 0 Å². The van der Waals surface area contributed by atoms with Crippen LogP contribution >= 0.6 is 11.3 Å². The van der Waals surface area contributed by atoms with Gasteiger partial charge < -0.3 is 0 Å². The molecule has 0 saturated heterocycles. The van der Waals surface area contributed by atoms with Crippen molar-refractivity contribution in [2.45, 2.75) is 0 Å². The van der Waals surface area contributed by atoms with Crippen LogP contribution in [-0.4, -0.2) is 0 Å². The van der Waals surface area contributed by atoms with Gasteiger partial charge in [0.05, 0.1) is 0 Å². The third-order valence-corrected chi connectivity index (χ3v) is 13.1. The minimum atomic E-state index is 1.21. The minimum Gasteiger partial charge on any atom is -0.135 e. The first-order chi connectivity index (χ1) is 28.3. The van der Waals surface area contributed by atoms with Crippen molar-refractivity contribution in [2.24, 2.45) is 0 Å². The van der Waals surface area contributed by atoms with Gasteiger partial charge in [-0.2, -0.15) is 0 Å². The molecule has 0 bridgehead atoms.